The van der Waals surface area contributed by atoms with Crippen LogP contribution < -0.4 is 0 Å². The minimum Gasteiger partial charge on any atom is -0.402 e. The molecule has 23 heavy (non-hydrogen) atoms. The summed E-state index contributed by atoms with van der Waals surface area (Å²) in [6, 6.07) is 13.5. The van der Waals surface area contributed by atoms with Crippen molar-refractivity contribution in [3.05, 3.63) is 81.0 Å². The second-order valence-electron chi connectivity index (χ2n) is 4.97. The fourth-order valence-corrected chi connectivity index (χ4v) is 2.26. The van der Waals surface area contributed by atoms with Gasteiger partial charge in [-0.05, 0) is 30.7 Å². The summed E-state index contributed by atoms with van der Waals surface area (Å²) in [6.07, 6.45) is 1.37. The van der Waals surface area contributed by atoms with Gasteiger partial charge in [0.05, 0.1) is 10.5 Å². The van der Waals surface area contributed by atoms with E-state index >= 15 is 0 Å². The van der Waals surface area contributed by atoms with Gasteiger partial charge in [-0.2, -0.15) is 0 Å². The Labute approximate surface area is 131 Å². The predicted octanol–water partition coefficient (Wildman–Crippen LogP) is 3.25. The maximum Gasteiger partial charge on any atom is 0.363 e. The molecule has 0 fully saturated rings. The van der Waals surface area contributed by atoms with Gasteiger partial charge in [-0.25, -0.2) is 9.79 Å². The molecule has 114 valence electrons. The van der Waals surface area contributed by atoms with E-state index in [0.717, 1.165) is 5.56 Å². The Bertz CT molecular complexity index is 868. The highest BCUT2D eigenvalue weighted by molar-refractivity contribution is 6.13. The van der Waals surface area contributed by atoms with Crippen LogP contribution in [-0.4, -0.2) is 16.8 Å². The number of para-hydroxylation sites is 1. The molecule has 0 unspecified atom stereocenters. The van der Waals surface area contributed by atoms with Crippen molar-refractivity contribution in [2.45, 2.75) is 6.92 Å². The minimum atomic E-state index is -0.624. The van der Waals surface area contributed by atoms with E-state index < -0.39 is 10.9 Å². The molecule has 2 aromatic rings. The Hall–Kier alpha value is -3.28. The molecular weight excluding hydrogens is 296 g/mol. The number of carbonyl (C=O) groups is 1. The Balaban J connectivity index is 2.03. The van der Waals surface area contributed by atoms with Gasteiger partial charge in [0.15, 0.2) is 5.70 Å². The zero-order valence-corrected chi connectivity index (χ0v) is 12.2. The average Bonchev–Trinajstić information content (AvgIpc) is 2.89. The number of hydrogen-bond donors (Lipinski definition) is 0. The number of rotatable bonds is 3. The number of nitro benzene ring substituents is 1. The van der Waals surface area contributed by atoms with Gasteiger partial charge in [-0.3, -0.25) is 10.1 Å². The lowest BCUT2D eigenvalue weighted by Crippen LogP contribution is -2.06. The monoisotopic (exact) mass is 308 g/mol. The van der Waals surface area contributed by atoms with Gasteiger partial charge in [0, 0.05) is 11.6 Å². The van der Waals surface area contributed by atoms with Gasteiger partial charge >= 0.3 is 5.97 Å². The van der Waals surface area contributed by atoms with Crippen LogP contribution in [0.1, 0.15) is 16.7 Å². The van der Waals surface area contributed by atoms with Crippen LogP contribution in [0, 0.1) is 17.0 Å². The zero-order valence-electron chi connectivity index (χ0n) is 12.2. The highest BCUT2D eigenvalue weighted by Crippen LogP contribution is 2.25. The summed E-state index contributed by atoms with van der Waals surface area (Å²) in [4.78, 5) is 26.7. The second-order valence-corrected chi connectivity index (χ2v) is 4.97. The van der Waals surface area contributed by atoms with Gasteiger partial charge in [-0.15, -0.1) is 0 Å². The number of hydrogen-bond acceptors (Lipinski definition) is 5. The maximum absolute atomic E-state index is 12.0. The number of cyclic esters (lactones) is 1. The molecule has 6 heteroatoms. The normalized spacial score (nSPS) is 15.4. The SMILES string of the molecule is Cc1ccccc1C1=N/C(=C\c2ccccc2[N+](=O)[O-])C(=O)O1. The molecule has 0 N–H and O–H groups in total. The summed E-state index contributed by atoms with van der Waals surface area (Å²) in [6.45, 7) is 1.88. The molecule has 0 amide bonds. The molecule has 0 aliphatic carbocycles. The number of aryl methyl sites for hydroxylation is 1. The quantitative estimate of drug-likeness (QED) is 0.377. The lowest BCUT2D eigenvalue weighted by Gasteiger charge is -2.02. The fourth-order valence-electron chi connectivity index (χ4n) is 2.26. The van der Waals surface area contributed by atoms with Crippen molar-refractivity contribution >= 4 is 23.6 Å². The van der Waals surface area contributed by atoms with E-state index in [1.807, 2.05) is 25.1 Å². The molecule has 0 saturated carbocycles. The third kappa shape index (κ3) is 2.87. The van der Waals surface area contributed by atoms with Gasteiger partial charge in [0.25, 0.3) is 5.69 Å². The second kappa shape index (κ2) is 5.84. The van der Waals surface area contributed by atoms with Gasteiger partial charge < -0.3 is 4.74 Å². The Morgan fingerprint density at radius 1 is 1.13 bits per heavy atom. The van der Waals surface area contributed by atoms with E-state index in [1.54, 1.807) is 24.3 Å². The molecule has 0 radical (unpaired) electrons. The minimum absolute atomic E-state index is 0.0394. The number of nitro groups is 1. The molecular formula is C17H12N2O4. The Morgan fingerprint density at radius 3 is 2.57 bits per heavy atom. The van der Waals surface area contributed by atoms with Gasteiger partial charge in [0.1, 0.15) is 0 Å². The highest BCUT2D eigenvalue weighted by atomic mass is 16.6. The van der Waals surface area contributed by atoms with Crippen molar-refractivity contribution in [3.63, 3.8) is 0 Å². The number of nitrogens with zero attached hydrogens (tertiary/aromatic N) is 2. The summed E-state index contributed by atoms with van der Waals surface area (Å²) in [5.74, 6) is -0.417. The van der Waals surface area contributed by atoms with E-state index in [-0.39, 0.29) is 17.3 Å². The molecule has 0 bridgehead atoms. The topological polar surface area (TPSA) is 81.8 Å². The third-order valence-electron chi connectivity index (χ3n) is 3.42. The number of ether oxygens (including phenoxy) is 1. The molecule has 0 atom stereocenters. The molecule has 2 aromatic carbocycles. The van der Waals surface area contributed by atoms with Crippen molar-refractivity contribution in [2.75, 3.05) is 0 Å². The molecule has 0 saturated heterocycles. The Kier molecular flexibility index (Phi) is 3.72. The van der Waals surface area contributed by atoms with Gasteiger partial charge in [-0.1, -0.05) is 30.3 Å². The van der Waals surface area contributed by atoms with Crippen LogP contribution in [0.2, 0.25) is 0 Å². The summed E-state index contributed by atoms with van der Waals surface area (Å²) in [7, 11) is 0. The molecule has 6 nitrogen and oxygen atoms in total. The molecule has 0 spiro atoms. The zero-order chi connectivity index (χ0) is 16.4. The van der Waals surface area contributed by atoms with Crippen LogP contribution in [0.4, 0.5) is 5.69 Å². The van der Waals surface area contributed by atoms with Gasteiger partial charge in [0.2, 0.25) is 5.90 Å². The van der Waals surface area contributed by atoms with Crippen molar-refractivity contribution in [3.8, 4) is 0 Å². The smallest absolute Gasteiger partial charge is 0.363 e. The molecule has 1 aliphatic rings. The lowest BCUT2D eigenvalue weighted by molar-refractivity contribution is -0.385. The summed E-state index contributed by atoms with van der Waals surface area (Å²) >= 11 is 0. The van der Waals surface area contributed by atoms with Crippen molar-refractivity contribution in [1.82, 2.24) is 0 Å². The van der Waals surface area contributed by atoms with E-state index in [0.29, 0.717) is 11.1 Å². The van der Waals surface area contributed by atoms with E-state index in [2.05, 4.69) is 4.99 Å². The van der Waals surface area contributed by atoms with Crippen molar-refractivity contribution < 1.29 is 14.5 Å². The summed E-state index contributed by atoms with van der Waals surface area (Å²) in [5.41, 5.74) is 1.89. The maximum atomic E-state index is 12.0. The number of esters is 1. The van der Waals surface area contributed by atoms with Crippen LogP contribution in [0.5, 0.6) is 0 Å². The molecule has 1 heterocycles. The molecule has 1 aliphatic heterocycles. The van der Waals surface area contributed by atoms with E-state index in [9.17, 15) is 14.9 Å². The van der Waals surface area contributed by atoms with Crippen LogP contribution in [0.3, 0.4) is 0 Å². The first-order valence-electron chi connectivity index (χ1n) is 6.88. The number of aliphatic imine (C=N–C) groups is 1. The molecule has 0 aromatic heterocycles. The highest BCUT2D eigenvalue weighted by Gasteiger charge is 2.26. The average molecular weight is 308 g/mol. The fraction of sp³-hybridized carbons (Fsp3) is 0.0588. The van der Waals surface area contributed by atoms with Crippen LogP contribution in [-0.2, 0) is 9.53 Å². The van der Waals surface area contributed by atoms with E-state index in [4.69, 9.17) is 4.74 Å². The summed E-state index contributed by atoms with van der Waals surface area (Å²) < 4.78 is 5.19. The predicted molar refractivity (Wildman–Crippen MR) is 84.9 cm³/mol. The van der Waals surface area contributed by atoms with Crippen LogP contribution >= 0.6 is 0 Å². The largest absolute Gasteiger partial charge is 0.402 e. The van der Waals surface area contributed by atoms with Crippen molar-refractivity contribution in [1.29, 1.82) is 0 Å². The summed E-state index contributed by atoms with van der Waals surface area (Å²) in [5, 5.41) is 11.0. The first kappa shape index (κ1) is 14.6. The number of benzene rings is 2. The Morgan fingerprint density at radius 2 is 1.83 bits per heavy atom. The van der Waals surface area contributed by atoms with Crippen molar-refractivity contribution in [2.24, 2.45) is 4.99 Å². The van der Waals surface area contributed by atoms with E-state index in [1.165, 1.54) is 12.1 Å². The molecule has 3 rings (SSSR count). The third-order valence-corrected chi connectivity index (χ3v) is 3.42. The lowest BCUT2D eigenvalue weighted by atomic mass is 10.1. The van der Waals surface area contributed by atoms with Crippen LogP contribution in [0.25, 0.3) is 6.08 Å². The standard InChI is InChI=1S/C17H12N2O4/c1-11-6-2-4-8-13(11)16-18-14(17(20)23-16)10-12-7-3-5-9-15(12)19(21)22/h2-10H,1H3/b14-10-. The first-order chi connectivity index (χ1) is 11.1. The van der Waals surface area contributed by atoms with Crippen LogP contribution in [0.15, 0.2) is 59.2 Å². The number of carbonyl (C=O) groups excluding carboxylic acids is 1. The first-order valence-corrected chi connectivity index (χ1v) is 6.88.